The lowest BCUT2D eigenvalue weighted by atomic mass is 10.2. The molecular weight excluding hydrogens is 386 g/mol. The summed E-state index contributed by atoms with van der Waals surface area (Å²) in [7, 11) is 0. The highest BCUT2D eigenvalue weighted by Gasteiger charge is 2.18. The second-order valence-electron chi connectivity index (χ2n) is 6.22. The quantitative estimate of drug-likeness (QED) is 0.370. The molecule has 0 aliphatic heterocycles. The highest BCUT2D eigenvalue weighted by Crippen LogP contribution is 2.23. The maximum atomic E-state index is 12.9. The number of carbonyl (C=O) groups excluding carboxylic acids is 1. The fraction of sp³-hybridized carbons (Fsp3) is 0.333. The number of carbonyl (C=O) groups is 1. The summed E-state index contributed by atoms with van der Waals surface area (Å²) in [4.78, 5) is 36.8. The lowest BCUT2D eigenvalue weighted by Gasteiger charge is -2.17. The van der Waals surface area contributed by atoms with E-state index in [-0.39, 0.29) is 28.4 Å². The number of amides is 1. The number of fused-ring (bicyclic) bond motifs is 1. The fourth-order valence-corrected chi connectivity index (χ4v) is 3.72. The van der Waals surface area contributed by atoms with Crippen molar-refractivity contribution >= 4 is 46.0 Å². The van der Waals surface area contributed by atoms with Crippen LogP contribution in [-0.4, -0.2) is 31.2 Å². The minimum absolute atomic E-state index is 0.0312. The SMILES string of the molecule is CC[C@@H](C)n1c(SCC(=O)Nc2cccnc2Cl)nc2cc(C)[nH]c2c1=O. The van der Waals surface area contributed by atoms with Gasteiger partial charge in [0, 0.05) is 17.9 Å². The summed E-state index contributed by atoms with van der Waals surface area (Å²) in [5.74, 6) is -0.145. The number of halogens is 1. The number of rotatable bonds is 6. The zero-order valence-corrected chi connectivity index (χ0v) is 16.8. The summed E-state index contributed by atoms with van der Waals surface area (Å²) in [5, 5.41) is 3.48. The zero-order valence-electron chi connectivity index (χ0n) is 15.2. The Morgan fingerprint density at radius 2 is 2.26 bits per heavy atom. The Morgan fingerprint density at radius 3 is 2.96 bits per heavy atom. The van der Waals surface area contributed by atoms with E-state index in [0.717, 1.165) is 12.1 Å². The van der Waals surface area contributed by atoms with Gasteiger partial charge in [0.2, 0.25) is 5.91 Å². The van der Waals surface area contributed by atoms with Gasteiger partial charge in [-0.05, 0) is 38.5 Å². The number of hydrogen-bond acceptors (Lipinski definition) is 5. The van der Waals surface area contributed by atoms with Gasteiger partial charge in [0.25, 0.3) is 5.56 Å². The molecule has 3 rings (SSSR count). The molecular formula is C18H20ClN5O2S. The van der Waals surface area contributed by atoms with Crippen molar-refractivity contribution in [2.45, 2.75) is 38.4 Å². The van der Waals surface area contributed by atoms with E-state index in [9.17, 15) is 9.59 Å². The molecule has 0 saturated carbocycles. The molecule has 0 aromatic carbocycles. The Kier molecular flexibility index (Phi) is 5.86. The van der Waals surface area contributed by atoms with E-state index in [4.69, 9.17) is 11.6 Å². The normalized spacial score (nSPS) is 12.3. The molecule has 0 aliphatic rings. The van der Waals surface area contributed by atoms with Crippen LogP contribution in [0.4, 0.5) is 5.69 Å². The van der Waals surface area contributed by atoms with Gasteiger partial charge in [-0.15, -0.1) is 0 Å². The van der Waals surface area contributed by atoms with E-state index in [1.165, 1.54) is 11.8 Å². The Balaban J connectivity index is 1.86. The molecule has 7 nitrogen and oxygen atoms in total. The maximum absolute atomic E-state index is 12.9. The number of nitrogens with one attached hydrogen (secondary N) is 2. The molecule has 3 aromatic heterocycles. The van der Waals surface area contributed by atoms with Crippen LogP contribution < -0.4 is 10.9 Å². The van der Waals surface area contributed by atoms with Crippen LogP contribution in [0.25, 0.3) is 11.0 Å². The predicted molar refractivity (Wildman–Crippen MR) is 109 cm³/mol. The number of aromatic nitrogens is 4. The van der Waals surface area contributed by atoms with Crippen LogP contribution >= 0.6 is 23.4 Å². The van der Waals surface area contributed by atoms with Gasteiger partial charge in [0.15, 0.2) is 10.3 Å². The molecule has 1 amide bonds. The smallest absolute Gasteiger partial charge is 0.278 e. The zero-order chi connectivity index (χ0) is 19.6. The first-order valence-corrected chi connectivity index (χ1v) is 9.92. The van der Waals surface area contributed by atoms with Crippen LogP contribution in [0.1, 0.15) is 32.0 Å². The molecule has 0 unspecified atom stereocenters. The largest absolute Gasteiger partial charge is 0.353 e. The number of pyridine rings is 1. The summed E-state index contributed by atoms with van der Waals surface area (Å²) in [6.45, 7) is 5.85. The Bertz CT molecular complexity index is 1050. The highest BCUT2D eigenvalue weighted by molar-refractivity contribution is 7.99. The van der Waals surface area contributed by atoms with Crippen LogP contribution in [0.5, 0.6) is 0 Å². The van der Waals surface area contributed by atoms with E-state index in [1.807, 2.05) is 26.8 Å². The van der Waals surface area contributed by atoms with Crippen molar-refractivity contribution in [3.8, 4) is 0 Å². The minimum Gasteiger partial charge on any atom is -0.353 e. The van der Waals surface area contributed by atoms with Gasteiger partial charge in [-0.3, -0.25) is 14.2 Å². The highest BCUT2D eigenvalue weighted by atomic mass is 35.5. The van der Waals surface area contributed by atoms with Gasteiger partial charge in [0.1, 0.15) is 5.52 Å². The third-order valence-electron chi connectivity index (χ3n) is 4.18. The first-order valence-electron chi connectivity index (χ1n) is 8.55. The van der Waals surface area contributed by atoms with Crippen molar-refractivity contribution < 1.29 is 4.79 Å². The topological polar surface area (TPSA) is 92.7 Å². The van der Waals surface area contributed by atoms with Crippen LogP contribution in [0.3, 0.4) is 0 Å². The second-order valence-corrected chi connectivity index (χ2v) is 7.52. The molecule has 9 heteroatoms. The Morgan fingerprint density at radius 1 is 1.48 bits per heavy atom. The maximum Gasteiger partial charge on any atom is 0.278 e. The van der Waals surface area contributed by atoms with Gasteiger partial charge in [-0.1, -0.05) is 30.3 Å². The molecule has 1 atom stereocenters. The van der Waals surface area contributed by atoms with Gasteiger partial charge in [-0.2, -0.15) is 0 Å². The molecule has 142 valence electrons. The van der Waals surface area contributed by atoms with Gasteiger partial charge < -0.3 is 10.3 Å². The molecule has 0 aliphatic carbocycles. The molecule has 3 aromatic rings. The lowest BCUT2D eigenvalue weighted by molar-refractivity contribution is -0.113. The van der Waals surface area contributed by atoms with Crippen LogP contribution in [0.2, 0.25) is 5.15 Å². The standard InChI is InChI=1S/C18H20ClN5O2S/c1-4-11(3)24-17(26)15-13(8-10(2)21-15)23-18(24)27-9-14(25)22-12-6-5-7-20-16(12)19/h5-8,11,21H,4,9H2,1-3H3,(H,22,25)/t11-/m1/s1. The Hall–Kier alpha value is -2.32. The first kappa shape index (κ1) is 19.4. The van der Waals surface area contributed by atoms with Crippen molar-refractivity contribution in [2.75, 3.05) is 11.1 Å². The number of thioether (sulfide) groups is 1. The van der Waals surface area contributed by atoms with E-state index >= 15 is 0 Å². The van der Waals surface area contributed by atoms with Crippen molar-refractivity contribution in [1.82, 2.24) is 19.5 Å². The molecule has 0 saturated heterocycles. The summed E-state index contributed by atoms with van der Waals surface area (Å²) >= 11 is 7.19. The van der Waals surface area contributed by atoms with E-state index in [2.05, 4.69) is 20.3 Å². The van der Waals surface area contributed by atoms with E-state index in [0.29, 0.717) is 21.9 Å². The van der Waals surface area contributed by atoms with Crippen LogP contribution in [-0.2, 0) is 4.79 Å². The predicted octanol–water partition coefficient (Wildman–Crippen LogP) is 3.78. The van der Waals surface area contributed by atoms with E-state index in [1.54, 1.807) is 22.9 Å². The van der Waals surface area contributed by atoms with Crippen molar-refractivity contribution in [2.24, 2.45) is 0 Å². The average molecular weight is 406 g/mol. The summed E-state index contributed by atoms with van der Waals surface area (Å²) in [6.07, 6.45) is 2.33. The third-order valence-corrected chi connectivity index (χ3v) is 5.44. The van der Waals surface area contributed by atoms with Crippen molar-refractivity contribution in [3.05, 3.63) is 45.6 Å². The van der Waals surface area contributed by atoms with Crippen LogP contribution in [0, 0.1) is 6.92 Å². The minimum atomic E-state index is -0.245. The number of hydrogen-bond donors (Lipinski definition) is 2. The van der Waals surface area contributed by atoms with Crippen molar-refractivity contribution in [1.29, 1.82) is 0 Å². The van der Waals surface area contributed by atoms with Crippen molar-refractivity contribution in [3.63, 3.8) is 0 Å². The van der Waals surface area contributed by atoms with Gasteiger partial charge >= 0.3 is 0 Å². The monoisotopic (exact) mass is 405 g/mol. The molecule has 0 spiro atoms. The average Bonchev–Trinajstić information content (AvgIpc) is 3.02. The third kappa shape index (κ3) is 4.17. The second kappa shape index (κ2) is 8.14. The van der Waals surface area contributed by atoms with Crippen LogP contribution in [0.15, 0.2) is 34.3 Å². The summed E-state index contributed by atoms with van der Waals surface area (Å²) < 4.78 is 1.65. The van der Waals surface area contributed by atoms with Gasteiger partial charge in [0.05, 0.1) is 17.0 Å². The first-order chi connectivity index (χ1) is 12.9. The Labute approximate surface area is 165 Å². The fourth-order valence-electron chi connectivity index (χ4n) is 2.66. The van der Waals surface area contributed by atoms with Gasteiger partial charge in [-0.25, -0.2) is 9.97 Å². The molecule has 0 bridgehead atoms. The molecule has 0 fully saturated rings. The number of H-pyrrole nitrogens is 1. The molecule has 3 heterocycles. The number of aromatic amines is 1. The van der Waals surface area contributed by atoms with E-state index < -0.39 is 0 Å². The number of anilines is 1. The number of nitrogens with zero attached hydrogens (tertiary/aromatic N) is 3. The lowest BCUT2D eigenvalue weighted by Crippen LogP contribution is -2.26. The summed E-state index contributed by atoms with van der Waals surface area (Å²) in [6, 6.07) is 5.17. The molecule has 2 N–H and O–H groups in total. The molecule has 0 radical (unpaired) electrons. The molecule has 27 heavy (non-hydrogen) atoms. The number of aryl methyl sites for hydroxylation is 1. The summed E-state index contributed by atoms with van der Waals surface area (Å²) in [5.41, 5.74) is 2.30.